The lowest BCUT2D eigenvalue weighted by Gasteiger charge is -2.27. The minimum atomic E-state index is -0.638. The third kappa shape index (κ3) is 5.31. The summed E-state index contributed by atoms with van der Waals surface area (Å²) in [5, 5.41) is 6.00. The fourth-order valence-corrected chi connectivity index (χ4v) is 1.99. The molecule has 2 amide bonds. The summed E-state index contributed by atoms with van der Waals surface area (Å²) in [7, 11) is 0. The van der Waals surface area contributed by atoms with Gasteiger partial charge in [0.05, 0.1) is 0 Å². The molecule has 5 nitrogen and oxygen atoms in total. The molecule has 0 radical (unpaired) electrons. The van der Waals surface area contributed by atoms with Crippen molar-refractivity contribution < 1.29 is 9.59 Å². The third-order valence-electron chi connectivity index (χ3n) is 3.87. The van der Waals surface area contributed by atoms with Crippen LogP contribution in [0.25, 0.3) is 0 Å². The predicted molar refractivity (Wildman–Crippen MR) is 88.9 cm³/mol. The van der Waals surface area contributed by atoms with Crippen LogP contribution in [0.5, 0.6) is 0 Å². The number of rotatable bonds is 7. The summed E-state index contributed by atoms with van der Waals surface area (Å²) in [6.07, 6.45) is 1.55. The molecule has 0 aromatic heterocycles. The number of halogens is 1. The maximum Gasteiger partial charge on any atom is 0.251 e. The van der Waals surface area contributed by atoms with Gasteiger partial charge in [0.2, 0.25) is 5.91 Å². The minimum absolute atomic E-state index is 0.251. The third-order valence-corrected chi connectivity index (χ3v) is 4.12. The van der Waals surface area contributed by atoms with Crippen LogP contribution < -0.4 is 16.4 Å². The lowest BCUT2D eigenvalue weighted by atomic mass is 9.94. The highest BCUT2D eigenvalue weighted by Crippen LogP contribution is 2.10. The van der Waals surface area contributed by atoms with Crippen LogP contribution >= 0.6 is 11.6 Å². The Morgan fingerprint density at radius 1 is 1.23 bits per heavy atom. The molecule has 1 aromatic rings. The molecular weight excluding hydrogens is 302 g/mol. The number of hydrogen-bond acceptors (Lipinski definition) is 3. The van der Waals surface area contributed by atoms with Crippen molar-refractivity contribution >= 4 is 23.4 Å². The van der Waals surface area contributed by atoms with E-state index in [9.17, 15) is 9.59 Å². The zero-order valence-corrected chi connectivity index (χ0v) is 14.0. The van der Waals surface area contributed by atoms with Crippen molar-refractivity contribution in [3.8, 4) is 0 Å². The largest absolute Gasteiger partial charge is 0.352 e. The number of hydrogen-bond donors (Lipinski definition) is 3. The Morgan fingerprint density at radius 2 is 1.77 bits per heavy atom. The van der Waals surface area contributed by atoms with E-state index in [1.54, 1.807) is 31.2 Å². The monoisotopic (exact) mass is 325 g/mol. The Kier molecular flexibility index (Phi) is 6.84. The van der Waals surface area contributed by atoms with Gasteiger partial charge in [0.15, 0.2) is 0 Å². The summed E-state index contributed by atoms with van der Waals surface area (Å²) in [4.78, 5) is 24.1. The summed E-state index contributed by atoms with van der Waals surface area (Å²) >= 11 is 5.78. The lowest BCUT2D eigenvalue weighted by Crippen LogP contribution is -2.53. The highest BCUT2D eigenvalue weighted by Gasteiger charge is 2.23. The van der Waals surface area contributed by atoms with Gasteiger partial charge >= 0.3 is 0 Å². The van der Waals surface area contributed by atoms with Crippen LogP contribution in [0, 0.1) is 0 Å². The molecule has 0 aliphatic heterocycles. The molecule has 0 aliphatic rings. The zero-order valence-electron chi connectivity index (χ0n) is 13.3. The van der Waals surface area contributed by atoms with Gasteiger partial charge in [-0.25, -0.2) is 0 Å². The molecule has 22 heavy (non-hydrogen) atoms. The molecule has 122 valence electrons. The van der Waals surface area contributed by atoms with E-state index in [0.717, 1.165) is 12.8 Å². The average Bonchev–Trinajstić information content (AvgIpc) is 2.52. The predicted octanol–water partition coefficient (Wildman–Crippen LogP) is 2.09. The molecule has 0 heterocycles. The first kappa shape index (κ1) is 18.5. The Bertz CT molecular complexity index is 513. The van der Waals surface area contributed by atoms with E-state index >= 15 is 0 Å². The summed E-state index contributed by atoms with van der Waals surface area (Å²) in [6.45, 7) is 6.00. The highest BCUT2D eigenvalue weighted by molar-refractivity contribution is 6.30. The van der Waals surface area contributed by atoms with Gasteiger partial charge in [-0.3, -0.25) is 9.59 Å². The summed E-state index contributed by atoms with van der Waals surface area (Å²) in [5.41, 5.74) is 6.19. The van der Waals surface area contributed by atoms with E-state index < -0.39 is 11.6 Å². The Hall–Kier alpha value is -1.59. The van der Waals surface area contributed by atoms with Crippen molar-refractivity contribution in [2.45, 2.75) is 45.2 Å². The molecule has 4 N–H and O–H groups in total. The van der Waals surface area contributed by atoms with Gasteiger partial charge in [0, 0.05) is 22.7 Å². The van der Waals surface area contributed by atoms with Crippen molar-refractivity contribution in [2.75, 3.05) is 6.54 Å². The van der Waals surface area contributed by atoms with Gasteiger partial charge in [0.1, 0.15) is 6.04 Å². The SMILES string of the molecule is CCC(N)(CC)CNC(=O)C(C)NC(=O)c1ccc(Cl)cc1. The molecular formula is C16H24ClN3O2. The van der Waals surface area contributed by atoms with E-state index in [1.165, 1.54) is 0 Å². The van der Waals surface area contributed by atoms with Crippen molar-refractivity contribution in [1.82, 2.24) is 10.6 Å². The first-order valence-electron chi connectivity index (χ1n) is 7.44. The minimum Gasteiger partial charge on any atom is -0.352 e. The number of carbonyl (C=O) groups is 2. The molecule has 1 rings (SSSR count). The molecule has 1 atom stereocenters. The van der Waals surface area contributed by atoms with E-state index in [4.69, 9.17) is 17.3 Å². The van der Waals surface area contributed by atoms with Gasteiger partial charge in [-0.2, -0.15) is 0 Å². The highest BCUT2D eigenvalue weighted by atomic mass is 35.5. The quantitative estimate of drug-likeness (QED) is 0.717. The second-order valence-electron chi connectivity index (χ2n) is 5.49. The zero-order chi connectivity index (χ0) is 16.8. The van der Waals surface area contributed by atoms with Gasteiger partial charge in [-0.15, -0.1) is 0 Å². The fourth-order valence-electron chi connectivity index (χ4n) is 1.86. The lowest BCUT2D eigenvalue weighted by molar-refractivity contribution is -0.122. The van der Waals surface area contributed by atoms with E-state index in [0.29, 0.717) is 17.1 Å². The molecule has 0 bridgehead atoms. The number of benzene rings is 1. The van der Waals surface area contributed by atoms with Crippen LogP contribution in [-0.4, -0.2) is 29.9 Å². The summed E-state index contributed by atoms with van der Waals surface area (Å²) in [6, 6.07) is 5.85. The molecule has 0 saturated heterocycles. The molecule has 0 fully saturated rings. The molecule has 6 heteroatoms. The van der Waals surface area contributed by atoms with Crippen molar-refractivity contribution in [2.24, 2.45) is 5.73 Å². The maximum absolute atomic E-state index is 12.0. The number of nitrogens with two attached hydrogens (primary N) is 1. The average molecular weight is 326 g/mol. The fraction of sp³-hybridized carbons (Fsp3) is 0.500. The van der Waals surface area contributed by atoms with E-state index in [2.05, 4.69) is 10.6 Å². The normalized spacial score (nSPS) is 12.6. The summed E-state index contributed by atoms with van der Waals surface area (Å²) < 4.78 is 0. The molecule has 1 unspecified atom stereocenters. The van der Waals surface area contributed by atoms with Crippen LogP contribution in [0.4, 0.5) is 0 Å². The van der Waals surface area contributed by atoms with Gasteiger partial charge in [-0.05, 0) is 44.0 Å². The van der Waals surface area contributed by atoms with Crippen LogP contribution in [-0.2, 0) is 4.79 Å². The Balaban J connectivity index is 2.53. The Morgan fingerprint density at radius 3 is 2.27 bits per heavy atom. The number of carbonyl (C=O) groups excluding carboxylic acids is 2. The van der Waals surface area contributed by atoms with Gasteiger partial charge in [0.25, 0.3) is 5.91 Å². The smallest absolute Gasteiger partial charge is 0.251 e. The van der Waals surface area contributed by atoms with E-state index in [-0.39, 0.29) is 11.8 Å². The number of amides is 2. The van der Waals surface area contributed by atoms with E-state index in [1.807, 2.05) is 13.8 Å². The molecule has 0 spiro atoms. The Labute approximate surface area is 136 Å². The molecule has 1 aromatic carbocycles. The summed E-state index contributed by atoms with van der Waals surface area (Å²) in [5.74, 6) is -0.566. The molecule has 0 saturated carbocycles. The first-order valence-corrected chi connectivity index (χ1v) is 7.82. The van der Waals surface area contributed by atoms with Crippen LogP contribution in [0.1, 0.15) is 44.0 Å². The van der Waals surface area contributed by atoms with Gasteiger partial charge in [-0.1, -0.05) is 25.4 Å². The van der Waals surface area contributed by atoms with Crippen LogP contribution in [0.2, 0.25) is 5.02 Å². The van der Waals surface area contributed by atoms with Crippen LogP contribution in [0.3, 0.4) is 0 Å². The topological polar surface area (TPSA) is 84.2 Å². The maximum atomic E-state index is 12.0. The van der Waals surface area contributed by atoms with Gasteiger partial charge < -0.3 is 16.4 Å². The molecule has 0 aliphatic carbocycles. The second-order valence-corrected chi connectivity index (χ2v) is 5.93. The van der Waals surface area contributed by atoms with Crippen molar-refractivity contribution in [3.63, 3.8) is 0 Å². The second kappa shape index (κ2) is 8.15. The van der Waals surface area contributed by atoms with Crippen LogP contribution in [0.15, 0.2) is 24.3 Å². The van der Waals surface area contributed by atoms with Crippen molar-refractivity contribution in [3.05, 3.63) is 34.9 Å². The number of nitrogens with one attached hydrogen (secondary N) is 2. The first-order chi connectivity index (χ1) is 10.3. The van der Waals surface area contributed by atoms with Crippen molar-refractivity contribution in [1.29, 1.82) is 0 Å². The standard InChI is InChI=1S/C16H24ClN3O2/c1-4-16(18,5-2)10-19-14(21)11(3)20-15(22)12-6-8-13(17)9-7-12/h6-9,11H,4-5,10,18H2,1-3H3,(H,19,21)(H,20,22).